The molecule has 1 amide bonds. The van der Waals surface area contributed by atoms with Crippen molar-refractivity contribution in [3.63, 3.8) is 0 Å². The van der Waals surface area contributed by atoms with Crippen molar-refractivity contribution in [1.82, 2.24) is 10.2 Å². The number of likely N-dealkylation sites (N-methyl/N-ethyl adjacent to an activating group) is 1. The second kappa shape index (κ2) is 8.54. The first-order chi connectivity index (χ1) is 12.1. The van der Waals surface area contributed by atoms with E-state index in [0.717, 1.165) is 37.5 Å². The smallest absolute Gasteiger partial charge is 0.262 e. The molecule has 0 saturated heterocycles. The van der Waals surface area contributed by atoms with Crippen molar-refractivity contribution in [3.05, 3.63) is 17.7 Å². The summed E-state index contributed by atoms with van der Waals surface area (Å²) in [6.45, 7) is 4.03. The SMILES string of the molecule is CN(CCNCCc1ccc(O)c2c1OCC(=O)N2)CCC1CCC1. The van der Waals surface area contributed by atoms with Gasteiger partial charge in [0.05, 0.1) is 0 Å². The van der Waals surface area contributed by atoms with Gasteiger partial charge in [0.25, 0.3) is 5.91 Å². The molecule has 6 nitrogen and oxygen atoms in total. The number of carbonyl (C=O) groups is 1. The van der Waals surface area contributed by atoms with E-state index in [2.05, 4.69) is 22.6 Å². The molecule has 1 aliphatic carbocycles. The summed E-state index contributed by atoms with van der Waals surface area (Å²) in [5.74, 6) is 1.38. The van der Waals surface area contributed by atoms with E-state index in [-0.39, 0.29) is 18.3 Å². The van der Waals surface area contributed by atoms with E-state index in [1.165, 1.54) is 32.2 Å². The maximum Gasteiger partial charge on any atom is 0.262 e. The van der Waals surface area contributed by atoms with Crippen molar-refractivity contribution in [3.8, 4) is 11.5 Å². The second-order valence-corrected chi connectivity index (χ2v) is 7.17. The zero-order valence-corrected chi connectivity index (χ0v) is 15.0. The van der Waals surface area contributed by atoms with E-state index in [1.807, 2.05) is 6.07 Å². The summed E-state index contributed by atoms with van der Waals surface area (Å²) in [5, 5.41) is 16.0. The maximum absolute atomic E-state index is 11.4. The van der Waals surface area contributed by atoms with Crippen LogP contribution in [0.15, 0.2) is 12.1 Å². The topological polar surface area (TPSA) is 73.8 Å². The van der Waals surface area contributed by atoms with Crippen molar-refractivity contribution in [2.24, 2.45) is 5.92 Å². The van der Waals surface area contributed by atoms with Crippen LogP contribution in [0.3, 0.4) is 0 Å². The Morgan fingerprint density at radius 3 is 2.92 bits per heavy atom. The van der Waals surface area contributed by atoms with Gasteiger partial charge in [-0.2, -0.15) is 0 Å². The van der Waals surface area contributed by atoms with Gasteiger partial charge in [0.1, 0.15) is 11.4 Å². The maximum atomic E-state index is 11.4. The number of hydrogen-bond donors (Lipinski definition) is 3. The number of benzene rings is 1. The van der Waals surface area contributed by atoms with Gasteiger partial charge < -0.3 is 25.4 Å². The molecule has 1 saturated carbocycles. The Labute approximate surface area is 149 Å². The lowest BCUT2D eigenvalue weighted by molar-refractivity contribution is -0.118. The number of amides is 1. The number of rotatable bonds is 9. The van der Waals surface area contributed by atoms with Crippen LogP contribution in [-0.2, 0) is 11.2 Å². The van der Waals surface area contributed by atoms with Crippen LogP contribution in [0.1, 0.15) is 31.2 Å². The highest BCUT2D eigenvalue weighted by Crippen LogP contribution is 2.39. The summed E-state index contributed by atoms with van der Waals surface area (Å²) < 4.78 is 5.51. The average molecular weight is 347 g/mol. The van der Waals surface area contributed by atoms with E-state index in [0.29, 0.717) is 11.4 Å². The van der Waals surface area contributed by atoms with Crippen molar-refractivity contribution in [2.75, 3.05) is 45.2 Å². The molecular formula is C19H29N3O3. The lowest BCUT2D eigenvalue weighted by atomic mass is 9.83. The van der Waals surface area contributed by atoms with Crippen LogP contribution in [0.25, 0.3) is 0 Å². The first kappa shape index (κ1) is 18.0. The molecular weight excluding hydrogens is 318 g/mol. The van der Waals surface area contributed by atoms with Crippen molar-refractivity contribution in [1.29, 1.82) is 0 Å². The first-order valence-electron chi connectivity index (χ1n) is 9.30. The van der Waals surface area contributed by atoms with Gasteiger partial charge in [0.15, 0.2) is 12.4 Å². The van der Waals surface area contributed by atoms with E-state index in [9.17, 15) is 9.90 Å². The minimum atomic E-state index is -0.233. The molecule has 1 aromatic rings. The van der Waals surface area contributed by atoms with Gasteiger partial charge in [-0.1, -0.05) is 25.3 Å². The van der Waals surface area contributed by atoms with E-state index >= 15 is 0 Å². The number of aromatic hydroxyl groups is 1. The molecule has 0 bridgehead atoms. The fraction of sp³-hybridized carbons (Fsp3) is 0.632. The largest absolute Gasteiger partial charge is 0.506 e. The summed E-state index contributed by atoms with van der Waals surface area (Å²) >= 11 is 0. The molecule has 0 unspecified atom stereocenters. The number of carbonyl (C=O) groups excluding carboxylic acids is 1. The molecule has 0 atom stereocenters. The minimum Gasteiger partial charge on any atom is -0.506 e. The Hall–Kier alpha value is -1.79. The normalized spacial score (nSPS) is 17.0. The molecule has 1 aromatic carbocycles. The van der Waals surface area contributed by atoms with Crippen molar-refractivity contribution >= 4 is 11.6 Å². The number of phenols is 1. The van der Waals surface area contributed by atoms with Gasteiger partial charge in [0, 0.05) is 13.1 Å². The third-order valence-corrected chi connectivity index (χ3v) is 5.21. The monoisotopic (exact) mass is 347 g/mol. The molecule has 2 aliphatic rings. The molecule has 0 aromatic heterocycles. The molecule has 1 heterocycles. The molecule has 138 valence electrons. The Morgan fingerprint density at radius 2 is 2.16 bits per heavy atom. The van der Waals surface area contributed by atoms with E-state index in [4.69, 9.17) is 4.74 Å². The zero-order valence-electron chi connectivity index (χ0n) is 15.0. The van der Waals surface area contributed by atoms with Gasteiger partial charge in [-0.25, -0.2) is 0 Å². The molecule has 1 aliphatic heterocycles. The number of nitrogens with zero attached hydrogens (tertiary/aromatic N) is 1. The Bertz CT molecular complexity index is 602. The quantitative estimate of drug-likeness (QED) is 0.470. The molecule has 25 heavy (non-hydrogen) atoms. The van der Waals surface area contributed by atoms with Crippen LogP contribution in [0.4, 0.5) is 5.69 Å². The summed E-state index contributed by atoms with van der Waals surface area (Å²) in [4.78, 5) is 13.8. The molecule has 1 fully saturated rings. The van der Waals surface area contributed by atoms with Crippen LogP contribution < -0.4 is 15.4 Å². The molecule has 0 spiro atoms. The fourth-order valence-electron chi connectivity index (χ4n) is 3.33. The Kier molecular flexibility index (Phi) is 6.15. The van der Waals surface area contributed by atoms with Gasteiger partial charge >= 0.3 is 0 Å². The predicted molar refractivity (Wildman–Crippen MR) is 98.3 cm³/mol. The van der Waals surface area contributed by atoms with Crippen LogP contribution in [0, 0.1) is 5.92 Å². The highest BCUT2D eigenvalue weighted by atomic mass is 16.5. The fourth-order valence-corrected chi connectivity index (χ4v) is 3.33. The number of ether oxygens (including phenoxy) is 1. The number of phenolic OH excluding ortho intramolecular Hbond substituents is 1. The summed E-state index contributed by atoms with van der Waals surface area (Å²) in [7, 11) is 2.19. The van der Waals surface area contributed by atoms with Gasteiger partial charge in [-0.3, -0.25) is 4.79 Å². The zero-order chi connectivity index (χ0) is 17.6. The van der Waals surface area contributed by atoms with Gasteiger partial charge in [-0.15, -0.1) is 0 Å². The second-order valence-electron chi connectivity index (χ2n) is 7.17. The van der Waals surface area contributed by atoms with Crippen LogP contribution in [0.5, 0.6) is 11.5 Å². The lowest BCUT2D eigenvalue weighted by Gasteiger charge is -2.27. The number of nitrogens with one attached hydrogen (secondary N) is 2. The molecule has 3 rings (SSSR count). The molecule has 0 radical (unpaired) electrons. The standard InChI is InChI=1S/C19H29N3O3/c1-22(11-8-14-3-2-4-14)12-10-20-9-7-15-5-6-16(23)18-19(15)25-13-17(24)21-18/h5-6,14,20,23H,2-4,7-13H2,1H3,(H,21,24). The van der Waals surface area contributed by atoms with Crippen LogP contribution in [-0.4, -0.2) is 55.7 Å². The van der Waals surface area contributed by atoms with Crippen LogP contribution in [0.2, 0.25) is 0 Å². The summed E-state index contributed by atoms with van der Waals surface area (Å²) in [6.07, 6.45) is 6.39. The highest BCUT2D eigenvalue weighted by Gasteiger charge is 2.22. The third-order valence-electron chi connectivity index (χ3n) is 5.21. The van der Waals surface area contributed by atoms with Crippen molar-refractivity contribution < 1.29 is 14.6 Å². The third kappa shape index (κ3) is 4.86. The van der Waals surface area contributed by atoms with Gasteiger partial charge in [-0.05, 0) is 50.5 Å². The first-order valence-corrected chi connectivity index (χ1v) is 9.30. The molecule has 6 heteroatoms. The van der Waals surface area contributed by atoms with Gasteiger partial charge in [0.2, 0.25) is 0 Å². The van der Waals surface area contributed by atoms with E-state index in [1.54, 1.807) is 6.07 Å². The van der Waals surface area contributed by atoms with Crippen LogP contribution >= 0.6 is 0 Å². The molecule has 3 N–H and O–H groups in total. The van der Waals surface area contributed by atoms with E-state index < -0.39 is 0 Å². The lowest BCUT2D eigenvalue weighted by Crippen LogP contribution is -2.32. The van der Waals surface area contributed by atoms with Crippen molar-refractivity contribution in [2.45, 2.75) is 32.1 Å². The average Bonchev–Trinajstić information content (AvgIpc) is 2.55. The predicted octanol–water partition coefficient (Wildman–Crippen LogP) is 1.98. The Morgan fingerprint density at radius 1 is 1.32 bits per heavy atom. The summed E-state index contributed by atoms with van der Waals surface area (Å²) in [6, 6.07) is 3.47. The minimum absolute atomic E-state index is 0.00265. The number of hydrogen-bond acceptors (Lipinski definition) is 5. The highest BCUT2D eigenvalue weighted by molar-refractivity contribution is 5.97. The summed E-state index contributed by atoms with van der Waals surface area (Å²) in [5.41, 5.74) is 1.39. The number of anilines is 1. The number of fused-ring (bicyclic) bond motifs is 1. The Balaban J connectivity index is 1.37.